The van der Waals surface area contributed by atoms with Gasteiger partial charge in [-0.25, -0.2) is 0 Å². The molecule has 0 spiro atoms. The van der Waals surface area contributed by atoms with Crippen molar-refractivity contribution in [2.24, 2.45) is 0 Å². The highest BCUT2D eigenvalue weighted by Crippen LogP contribution is 2.41. The van der Waals surface area contributed by atoms with Crippen molar-refractivity contribution in [1.82, 2.24) is 8.47 Å². The molecule has 14 rings (SSSR count). The zero-order chi connectivity index (χ0) is 77.7. The molecule has 2 unspecified atom stereocenters. The van der Waals surface area contributed by atoms with E-state index in [0.29, 0.717) is 0 Å². The number of aryl methyl sites for hydroxylation is 2. The second kappa shape index (κ2) is 40.0. The van der Waals surface area contributed by atoms with Gasteiger partial charge in [-0.05, 0) is 196 Å². The number of unbranched alkanes of at least 4 members (excludes halogenated alkanes) is 26. The maximum Gasteiger partial charge on any atom is 0.193 e. The van der Waals surface area contributed by atoms with E-state index in [2.05, 4.69) is 293 Å². The molecule has 0 saturated heterocycles. The minimum Gasteiger partial charge on any atom is -0.363 e. The van der Waals surface area contributed by atoms with E-state index in [9.17, 15) is 0 Å². The first-order chi connectivity index (χ1) is 55.8. The van der Waals surface area contributed by atoms with Gasteiger partial charge in [0.2, 0.25) is 0 Å². The highest BCUT2D eigenvalue weighted by atomic mass is 28.3. The molecule has 0 saturated carbocycles. The van der Waals surface area contributed by atoms with Crippen LogP contribution in [0.5, 0.6) is 0 Å². The number of para-hydroxylation sites is 2. The minimum absolute atomic E-state index is 1.15. The Hall–Kier alpha value is -8.07. The molecule has 0 fully saturated rings. The van der Waals surface area contributed by atoms with Crippen molar-refractivity contribution < 1.29 is 0 Å². The van der Waals surface area contributed by atoms with Crippen molar-refractivity contribution in [2.45, 2.75) is 284 Å². The van der Waals surface area contributed by atoms with E-state index in [1.165, 1.54) is 348 Å². The van der Waals surface area contributed by atoms with Crippen LogP contribution in [0.3, 0.4) is 0 Å². The molecule has 0 radical (unpaired) electrons. The van der Waals surface area contributed by atoms with Crippen LogP contribution < -0.4 is 31.1 Å². The van der Waals surface area contributed by atoms with Crippen molar-refractivity contribution in [3.8, 4) is 0 Å². The molecule has 2 nitrogen and oxygen atoms in total. The molecule has 2 atom stereocenters. The van der Waals surface area contributed by atoms with Crippen LogP contribution in [0.25, 0.3) is 86.7 Å². The predicted molar refractivity (Wildman–Crippen MR) is 509 cm³/mol. The van der Waals surface area contributed by atoms with Gasteiger partial charge < -0.3 is 8.47 Å². The van der Waals surface area contributed by atoms with Crippen LogP contribution in [-0.4, -0.2) is 33.0 Å². The summed E-state index contributed by atoms with van der Waals surface area (Å²) in [4.78, 5) is 0. The lowest BCUT2D eigenvalue weighted by molar-refractivity contribution is 0.619. The molecule has 588 valence electrons. The summed E-state index contributed by atoms with van der Waals surface area (Å²) in [5.41, 5.74) is 8.82. The lowest BCUT2D eigenvalue weighted by Gasteiger charge is -2.39. The van der Waals surface area contributed by atoms with E-state index in [0.717, 1.165) is 12.8 Å². The Morgan fingerprint density at radius 3 is 0.805 bits per heavy atom. The average Bonchev–Trinajstić information content (AvgIpc) is 1.30. The fraction of sp³-hybridized carbons (Fsp3) is 0.407. The molecular formula is C108H134N2Si3. The second-order valence-electron chi connectivity index (χ2n) is 34.6. The number of rotatable bonds is 46. The van der Waals surface area contributed by atoms with Gasteiger partial charge in [0.05, 0.1) is 0 Å². The summed E-state index contributed by atoms with van der Waals surface area (Å²) in [5, 5.41) is 25.3. The van der Waals surface area contributed by atoms with Crippen molar-refractivity contribution in [2.75, 3.05) is 0 Å². The van der Waals surface area contributed by atoms with Crippen LogP contribution in [-0.2, 0) is 12.8 Å². The Balaban J connectivity index is 1.02. The summed E-state index contributed by atoms with van der Waals surface area (Å²) in [6.07, 6.45) is 43.8. The Labute approximate surface area is 683 Å². The Kier molecular flexibility index (Phi) is 28.8. The minimum atomic E-state index is -3.34. The molecule has 0 aliphatic rings. The molecule has 0 N–H and O–H groups in total. The first kappa shape index (κ1) is 81.5. The largest absolute Gasteiger partial charge is 0.363 e. The fourth-order valence-electron chi connectivity index (χ4n) is 20.5. The molecule has 2 aromatic heterocycles. The van der Waals surface area contributed by atoms with Gasteiger partial charge in [-0.1, -0.05) is 416 Å². The number of fused-ring (bicyclic) bond motifs is 10. The van der Waals surface area contributed by atoms with Crippen LogP contribution in [0.4, 0.5) is 0 Å². The van der Waals surface area contributed by atoms with Crippen molar-refractivity contribution in [1.29, 1.82) is 0 Å². The topological polar surface area (TPSA) is 9.86 Å². The van der Waals surface area contributed by atoms with Gasteiger partial charge in [-0.2, -0.15) is 0 Å². The number of benzene rings is 12. The number of aromatic nitrogens is 2. The van der Waals surface area contributed by atoms with Gasteiger partial charge in [0.15, 0.2) is 24.5 Å². The van der Waals surface area contributed by atoms with E-state index >= 15 is 0 Å². The Morgan fingerprint density at radius 2 is 0.460 bits per heavy atom. The first-order valence-corrected chi connectivity index (χ1v) is 52.6. The quantitative estimate of drug-likeness (QED) is 0.0156. The van der Waals surface area contributed by atoms with Crippen LogP contribution in [0.15, 0.2) is 243 Å². The van der Waals surface area contributed by atoms with Crippen LogP contribution in [0, 0.1) is 0 Å². The van der Waals surface area contributed by atoms with E-state index < -0.39 is 24.5 Å². The van der Waals surface area contributed by atoms with Crippen molar-refractivity contribution in [3.63, 3.8) is 0 Å². The van der Waals surface area contributed by atoms with Crippen molar-refractivity contribution in [3.05, 3.63) is 254 Å². The third-order valence-corrected chi connectivity index (χ3v) is 41.7. The highest BCUT2D eigenvalue weighted by molar-refractivity contribution is 7.20. The van der Waals surface area contributed by atoms with Gasteiger partial charge in [0.1, 0.15) is 0 Å². The molecule has 14 aromatic rings. The van der Waals surface area contributed by atoms with E-state index in [4.69, 9.17) is 0 Å². The normalized spacial score (nSPS) is 13.3. The van der Waals surface area contributed by atoms with Gasteiger partial charge in [0.25, 0.3) is 0 Å². The molecule has 0 aliphatic heterocycles. The van der Waals surface area contributed by atoms with E-state index in [-0.39, 0.29) is 0 Å². The van der Waals surface area contributed by atoms with Gasteiger partial charge in [-0.3, -0.25) is 0 Å². The lowest BCUT2D eigenvalue weighted by atomic mass is 10.0. The van der Waals surface area contributed by atoms with Crippen LogP contribution in [0.1, 0.15) is 258 Å². The standard InChI is InChI=1S/C108H134N2Si3/c1-7-13-19-25-31-45-75-111(73-43-29-23-17-11-5,109-105-55-41-39-53-101(105)103-77-85(57-71-107(103)109)47-33-27-21-15-9-3)95-63-67-97(68-64-95)113(99-61-59-91-79-87-49-35-37-51-89(87)81-93(91)83-99,100-62-60-92-80-88-50-36-38-52-90(88)82-94(92)84-100)98-69-65-96(66-70-98)112(74-44-30-24-18-12-6,76-46-32-26-20-14-8-2)110-106-56-42-40-54-102(106)104-78-86(58-72-108(104)110)48-34-28-22-16-10-4/h35-42,49-72,77-84H,7-34,43-48,73-76H2,1-6H3. The molecular weight excluding hydrogens is 1410 g/mol. The van der Waals surface area contributed by atoms with Crippen molar-refractivity contribution >= 4 is 142 Å². The molecule has 12 aromatic carbocycles. The fourth-order valence-corrected chi connectivity index (χ4v) is 35.9. The molecule has 0 amide bonds. The average molecular weight is 1540 g/mol. The summed E-state index contributed by atoms with van der Waals surface area (Å²) in [6, 6.07) is 106. The number of hydrogen-bond donors (Lipinski definition) is 0. The summed E-state index contributed by atoms with van der Waals surface area (Å²) in [6.45, 7) is 14.2. The van der Waals surface area contributed by atoms with Gasteiger partial charge in [0, 0.05) is 43.6 Å². The van der Waals surface area contributed by atoms with E-state index in [1.54, 1.807) is 10.4 Å². The zero-order valence-corrected chi connectivity index (χ0v) is 73.4. The highest BCUT2D eigenvalue weighted by Gasteiger charge is 2.46. The van der Waals surface area contributed by atoms with Gasteiger partial charge >= 0.3 is 0 Å². The summed E-state index contributed by atoms with van der Waals surface area (Å²) in [7, 11) is -8.68. The maximum absolute atomic E-state index is 3.34. The summed E-state index contributed by atoms with van der Waals surface area (Å²) < 4.78 is 6.15. The summed E-state index contributed by atoms with van der Waals surface area (Å²) in [5.74, 6) is 0. The van der Waals surface area contributed by atoms with Crippen LogP contribution >= 0.6 is 0 Å². The molecule has 5 heteroatoms. The maximum atomic E-state index is 3.07. The molecule has 113 heavy (non-hydrogen) atoms. The zero-order valence-electron chi connectivity index (χ0n) is 70.4. The van der Waals surface area contributed by atoms with Crippen LogP contribution in [0.2, 0.25) is 24.2 Å². The summed E-state index contributed by atoms with van der Waals surface area (Å²) >= 11 is 0. The third-order valence-electron chi connectivity index (χ3n) is 26.7. The number of nitrogens with zero attached hydrogens (tertiary/aromatic N) is 2. The third kappa shape index (κ3) is 18.1. The molecule has 0 aliphatic carbocycles. The predicted octanol–water partition coefficient (Wildman–Crippen LogP) is 29.0. The van der Waals surface area contributed by atoms with Gasteiger partial charge in [-0.15, -0.1) is 0 Å². The Morgan fingerprint density at radius 1 is 0.195 bits per heavy atom. The number of hydrogen-bond acceptors (Lipinski definition) is 0. The second-order valence-corrected chi connectivity index (χ2v) is 46.6. The molecule has 0 bridgehead atoms. The van der Waals surface area contributed by atoms with E-state index in [1.807, 2.05) is 0 Å². The first-order valence-electron chi connectivity index (χ1n) is 45.9. The lowest BCUT2D eigenvalue weighted by Crippen LogP contribution is -2.75. The SMILES string of the molecule is CCCCCCCC[Si](CCCCCCC)(c1ccc([Si](c2ccc([Si](CCCCCCC)(CCCCCCCC)n3c4ccccc4c4cc(CCCCCCC)ccc43)cc2)(c2ccc3cc4ccccc4cc3c2)c2ccc3cc4ccccc4cc3c2)cc1)n1c2ccccc2c2cc(CCCCCCC)ccc21. The Bertz CT molecular complexity index is 5030. The monoisotopic (exact) mass is 1540 g/mol. The smallest absolute Gasteiger partial charge is 0.193 e. The molecule has 2 heterocycles.